The van der Waals surface area contributed by atoms with E-state index in [1.807, 2.05) is 6.92 Å². The van der Waals surface area contributed by atoms with Gasteiger partial charge in [-0.25, -0.2) is 8.42 Å². The molecule has 23 heavy (non-hydrogen) atoms. The lowest BCUT2D eigenvalue weighted by Gasteiger charge is -2.20. The molecule has 0 aromatic heterocycles. The lowest BCUT2D eigenvalue weighted by Crippen LogP contribution is -2.37. The Morgan fingerprint density at radius 3 is 2.13 bits per heavy atom. The first-order valence-electron chi connectivity index (χ1n) is 7.30. The van der Waals surface area contributed by atoms with E-state index < -0.39 is 10.0 Å². The summed E-state index contributed by atoms with van der Waals surface area (Å²) in [7, 11) is 0.731. The zero-order valence-electron chi connectivity index (χ0n) is 14.2. The average Bonchev–Trinajstić information content (AvgIpc) is 2.49. The first-order valence-corrected chi connectivity index (χ1v) is 8.74. The molecule has 0 saturated carbocycles. The SMILES string of the molecule is CCOc1ccc(S(=O)(=O)N(C)CC(=O)N(C)C)cc1OCC. The zero-order chi connectivity index (χ0) is 17.6. The number of sulfonamides is 1. The summed E-state index contributed by atoms with van der Waals surface area (Å²) in [6, 6.07) is 4.42. The second-order valence-electron chi connectivity index (χ2n) is 5.02. The van der Waals surface area contributed by atoms with Crippen LogP contribution in [0.15, 0.2) is 23.1 Å². The van der Waals surface area contributed by atoms with E-state index in [-0.39, 0.29) is 17.3 Å². The normalized spacial score (nSPS) is 11.4. The van der Waals surface area contributed by atoms with Crippen LogP contribution >= 0.6 is 0 Å². The number of ether oxygens (including phenoxy) is 2. The van der Waals surface area contributed by atoms with Gasteiger partial charge in [-0.2, -0.15) is 4.31 Å². The molecule has 0 saturated heterocycles. The molecule has 130 valence electrons. The van der Waals surface area contributed by atoms with Crippen molar-refractivity contribution in [3.63, 3.8) is 0 Å². The van der Waals surface area contributed by atoms with Crippen molar-refractivity contribution in [3.05, 3.63) is 18.2 Å². The quantitative estimate of drug-likeness (QED) is 0.708. The molecule has 1 rings (SSSR count). The Kier molecular flexibility index (Phi) is 6.83. The third-order valence-corrected chi connectivity index (χ3v) is 4.88. The number of carbonyl (C=O) groups is 1. The van der Waals surface area contributed by atoms with Gasteiger partial charge in [0, 0.05) is 27.2 Å². The minimum atomic E-state index is -3.79. The van der Waals surface area contributed by atoms with E-state index in [1.165, 1.54) is 24.1 Å². The Morgan fingerprint density at radius 2 is 1.61 bits per heavy atom. The Balaban J connectivity index is 3.12. The minimum Gasteiger partial charge on any atom is -0.490 e. The number of amides is 1. The van der Waals surface area contributed by atoms with Gasteiger partial charge in [-0.05, 0) is 26.0 Å². The molecule has 0 atom stereocenters. The summed E-state index contributed by atoms with van der Waals surface area (Å²) in [4.78, 5) is 13.1. The highest BCUT2D eigenvalue weighted by Gasteiger charge is 2.25. The monoisotopic (exact) mass is 344 g/mol. The first-order chi connectivity index (χ1) is 10.7. The molecule has 0 aliphatic rings. The van der Waals surface area contributed by atoms with Gasteiger partial charge in [0.05, 0.1) is 24.7 Å². The standard InChI is InChI=1S/C15H24N2O5S/c1-6-21-13-9-8-12(10-14(13)22-7-2)23(19,20)17(5)11-15(18)16(3)4/h8-10H,6-7,11H2,1-5H3. The maximum absolute atomic E-state index is 12.6. The summed E-state index contributed by atoms with van der Waals surface area (Å²) < 4.78 is 37.0. The summed E-state index contributed by atoms with van der Waals surface area (Å²) in [6.45, 7) is 4.24. The molecule has 0 N–H and O–H groups in total. The van der Waals surface area contributed by atoms with Crippen LogP contribution in [0, 0.1) is 0 Å². The van der Waals surface area contributed by atoms with Gasteiger partial charge in [-0.3, -0.25) is 4.79 Å². The van der Waals surface area contributed by atoms with Crippen molar-refractivity contribution in [3.8, 4) is 11.5 Å². The van der Waals surface area contributed by atoms with Gasteiger partial charge < -0.3 is 14.4 Å². The van der Waals surface area contributed by atoms with Crippen LogP contribution in [0.3, 0.4) is 0 Å². The number of carbonyl (C=O) groups excluding carboxylic acids is 1. The largest absolute Gasteiger partial charge is 0.490 e. The van der Waals surface area contributed by atoms with Gasteiger partial charge in [-0.1, -0.05) is 0 Å². The maximum Gasteiger partial charge on any atom is 0.243 e. The van der Waals surface area contributed by atoms with Crippen molar-refractivity contribution in [2.75, 3.05) is 40.9 Å². The molecule has 0 fully saturated rings. The van der Waals surface area contributed by atoms with Gasteiger partial charge in [-0.15, -0.1) is 0 Å². The summed E-state index contributed by atoms with van der Waals surface area (Å²) in [5.41, 5.74) is 0. The van der Waals surface area contributed by atoms with Crippen LogP contribution in [0.1, 0.15) is 13.8 Å². The third kappa shape index (κ3) is 4.84. The van der Waals surface area contributed by atoms with Gasteiger partial charge in [0.15, 0.2) is 11.5 Å². The lowest BCUT2D eigenvalue weighted by molar-refractivity contribution is -0.128. The molecule has 1 aromatic rings. The minimum absolute atomic E-state index is 0.0541. The van der Waals surface area contributed by atoms with Gasteiger partial charge in [0.25, 0.3) is 0 Å². The number of likely N-dealkylation sites (N-methyl/N-ethyl adjacent to an activating group) is 2. The molecule has 0 aliphatic carbocycles. The molecule has 0 radical (unpaired) electrons. The van der Waals surface area contributed by atoms with E-state index in [0.29, 0.717) is 24.7 Å². The van der Waals surface area contributed by atoms with Crippen molar-refractivity contribution in [1.29, 1.82) is 0 Å². The van der Waals surface area contributed by atoms with E-state index in [9.17, 15) is 13.2 Å². The summed E-state index contributed by atoms with van der Waals surface area (Å²) in [5.74, 6) is 0.551. The van der Waals surface area contributed by atoms with Crippen molar-refractivity contribution >= 4 is 15.9 Å². The van der Waals surface area contributed by atoms with Crippen molar-refractivity contribution in [1.82, 2.24) is 9.21 Å². The van der Waals surface area contributed by atoms with Gasteiger partial charge in [0.2, 0.25) is 15.9 Å². The van der Waals surface area contributed by atoms with Gasteiger partial charge in [0.1, 0.15) is 0 Å². The summed E-state index contributed by atoms with van der Waals surface area (Å²) >= 11 is 0. The Labute approximate surface area is 137 Å². The Hall–Kier alpha value is -1.80. The van der Waals surface area contributed by atoms with E-state index >= 15 is 0 Å². The van der Waals surface area contributed by atoms with Crippen molar-refractivity contribution < 1.29 is 22.7 Å². The number of rotatable bonds is 8. The highest BCUT2D eigenvalue weighted by Crippen LogP contribution is 2.31. The molecular formula is C15H24N2O5S. The summed E-state index contributed by atoms with van der Waals surface area (Å²) in [5, 5.41) is 0. The molecule has 0 spiro atoms. The van der Waals surface area contributed by atoms with E-state index in [0.717, 1.165) is 4.31 Å². The fraction of sp³-hybridized carbons (Fsp3) is 0.533. The summed E-state index contributed by atoms with van der Waals surface area (Å²) in [6.07, 6.45) is 0. The third-order valence-electron chi connectivity index (χ3n) is 3.08. The van der Waals surface area contributed by atoms with Gasteiger partial charge >= 0.3 is 0 Å². The zero-order valence-corrected chi connectivity index (χ0v) is 15.0. The van der Waals surface area contributed by atoms with Crippen molar-refractivity contribution in [2.45, 2.75) is 18.7 Å². The van der Waals surface area contributed by atoms with Crippen LogP contribution < -0.4 is 9.47 Å². The molecular weight excluding hydrogens is 320 g/mol. The van der Waals surface area contributed by atoms with Crippen LogP contribution in [0.25, 0.3) is 0 Å². The number of hydrogen-bond donors (Lipinski definition) is 0. The fourth-order valence-electron chi connectivity index (χ4n) is 1.79. The molecule has 1 aromatic carbocycles. The number of benzene rings is 1. The van der Waals surface area contributed by atoms with E-state index in [2.05, 4.69) is 0 Å². The van der Waals surface area contributed by atoms with E-state index in [1.54, 1.807) is 27.1 Å². The van der Waals surface area contributed by atoms with Crippen LogP contribution in [0.4, 0.5) is 0 Å². The second kappa shape index (κ2) is 8.16. The Morgan fingerprint density at radius 1 is 1.04 bits per heavy atom. The van der Waals surface area contributed by atoms with Crippen molar-refractivity contribution in [2.24, 2.45) is 0 Å². The predicted octanol–water partition coefficient (Wildman–Crippen LogP) is 1.19. The molecule has 1 amide bonds. The lowest BCUT2D eigenvalue weighted by atomic mass is 10.3. The molecule has 0 unspecified atom stereocenters. The highest BCUT2D eigenvalue weighted by atomic mass is 32.2. The molecule has 8 heteroatoms. The smallest absolute Gasteiger partial charge is 0.243 e. The molecule has 0 aliphatic heterocycles. The Bertz CT molecular complexity index is 643. The number of nitrogens with zero attached hydrogens (tertiary/aromatic N) is 2. The van der Waals surface area contributed by atoms with Crippen LogP contribution in [0.5, 0.6) is 11.5 Å². The first kappa shape index (κ1) is 19.2. The second-order valence-corrected chi connectivity index (χ2v) is 7.07. The predicted molar refractivity (Wildman–Crippen MR) is 87.3 cm³/mol. The molecule has 7 nitrogen and oxygen atoms in total. The van der Waals surface area contributed by atoms with Crippen LogP contribution in [-0.4, -0.2) is 64.4 Å². The maximum atomic E-state index is 12.6. The van der Waals surface area contributed by atoms with E-state index in [4.69, 9.17) is 9.47 Å². The number of hydrogen-bond acceptors (Lipinski definition) is 5. The highest BCUT2D eigenvalue weighted by molar-refractivity contribution is 7.89. The molecule has 0 heterocycles. The molecule has 0 bridgehead atoms. The van der Waals surface area contributed by atoms with Crippen LogP contribution in [0.2, 0.25) is 0 Å². The average molecular weight is 344 g/mol. The fourth-order valence-corrected chi connectivity index (χ4v) is 2.92. The topological polar surface area (TPSA) is 76.2 Å². The van der Waals surface area contributed by atoms with Crippen LogP contribution in [-0.2, 0) is 14.8 Å².